The van der Waals surface area contributed by atoms with E-state index in [1.165, 1.54) is 6.20 Å². The summed E-state index contributed by atoms with van der Waals surface area (Å²) in [4.78, 5) is 16.5. The van der Waals surface area contributed by atoms with Crippen LogP contribution in [0.4, 0.5) is 20.2 Å². The van der Waals surface area contributed by atoms with Gasteiger partial charge in [-0.3, -0.25) is 10.1 Å². The van der Waals surface area contributed by atoms with Crippen LogP contribution in [-0.4, -0.2) is 14.9 Å². The van der Waals surface area contributed by atoms with Gasteiger partial charge >= 0.3 is 0 Å². The topological polar surface area (TPSA) is 83.8 Å². The second-order valence-electron chi connectivity index (χ2n) is 4.12. The molecule has 20 heavy (non-hydrogen) atoms. The number of nitrogens with one attached hydrogen (secondary N) is 2. The molecule has 1 aromatic heterocycles. The quantitative estimate of drug-likeness (QED) is 0.651. The van der Waals surface area contributed by atoms with Crippen LogP contribution >= 0.6 is 0 Å². The number of hydrogen-bond acceptors (Lipinski definition) is 4. The number of aromatic nitrogens is 2. The van der Waals surface area contributed by atoms with E-state index < -0.39 is 34.0 Å². The third-order valence-corrected chi connectivity index (χ3v) is 2.81. The predicted molar refractivity (Wildman–Crippen MR) is 68.3 cm³/mol. The monoisotopic (exact) mass is 282 g/mol. The number of nitrogens with zero attached hydrogens (tertiary/aromatic N) is 2. The first kappa shape index (κ1) is 13.9. The van der Waals surface area contributed by atoms with Crippen LogP contribution in [0.15, 0.2) is 24.5 Å². The van der Waals surface area contributed by atoms with Crippen molar-refractivity contribution < 1.29 is 13.7 Å². The first-order valence-electron chi connectivity index (χ1n) is 5.92. The van der Waals surface area contributed by atoms with Crippen molar-refractivity contribution in [2.45, 2.75) is 19.4 Å². The van der Waals surface area contributed by atoms with E-state index in [2.05, 4.69) is 15.3 Å². The molecule has 0 amide bonds. The molecule has 0 bridgehead atoms. The molecule has 1 atom stereocenters. The van der Waals surface area contributed by atoms with Gasteiger partial charge < -0.3 is 10.3 Å². The number of nitro benzene ring substituents is 1. The van der Waals surface area contributed by atoms with E-state index in [1.54, 1.807) is 6.20 Å². The van der Waals surface area contributed by atoms with Gasteiger partial charge in [0.25, 0.3) is 5.69 Å². The van der Waals surface area contributed by atoms with Crippen LogP contribution in [0.25, 0.3) is 0 Å². The zero-order valence-electron chi connectivity index (χ0n) is 10.6. The second-order valence-corrected chi connectivity index (χ2v) is 4.12. The molecule has 106 valence electrons. The number of H-pyrrole nitrogens is 1. The fourth-order valence-electron chi connectivity index (χ4n) is 1.81. The van der Waals surface area contributed by atoms with E-state index in [9.17, 15) is 18.9 Å². The van der Waals surface area contributed by atoms with Crippen molar-refractivity contribution in [3.8, 4) is 0 Å². The van der Waals surface area contributed by atoms with Crippen LogP contribution in [0.2, 0.25) is 0 Å². The van der Waals surface area contributed by atoms with E-state index in [-0.39, 0.29) is 0 Å². The van der Waals surface area contributed by atoms with Crippen molar-refractivity contribution >= 4 is 11.4 Å². The molecule has 0 aliphatic carbocycles. The SMILES string of the molecule is CCC(Nc1c(F)cc([N+](=O)[O-])cc1F)c1ncc[nH]1. The van der Waals surface area contributed by atoms with Crippen LogP contribution in [0.5, 0.6) is 0 Å². The molecule has 0 saturated carbocycles. The van der Waals surface area contributed by atoms with Crippen molar-refractivity contribution in [1.82, 2.24) is 9.97 Å². The Morgan fingerprint density at radius 2 is 2.10 bits per heavy atom. The van der Waals surface area contributed by atoms with Gasteiger partial charge in [0.15, 0.2) is 11.6 Å². The van der Waals surface area contributed by atoms with Crippen molar-refractivity contribution in [3.05, 3.63) is 52.1 Å². The Kier molecular flexibility index (Phi) is 3.92. The first-order chi connectivity index (χ1) is 9.52. The smallest absolute Gasteiger partial charge is 0.275 e. The zero-order valence-corrected chi connectivity index (χ0v) is 10.6. The Labute approximate surface area is 113 Å². The Hall–Kier alpha value is -2.51. The van der Waals surface area contributed by atoms with Crippen molar-refractivity contribution in [2.75, 3.05) is 5.32 Å². The summed E-state index contributed by atoms with van der Waals surface area (Å²) in [5.74, 6) is -1.49. The van der Waals surface area contributed by atoms with Gasteiger partial charge in [-0.2, -0.15) is 0 Å². The van der Waals surface area contributed by atoms with E-state index in [4.69, 9.17) is 0 Å². The number of aromatic amines is 1. The van der Waals surface area contributed by atoms with E-state index >= 15 is 0 Å². The minimum absolute atomic E-state index is 0.404. The van der Waals surface area contributed by atoms with Gasteiger partial charge in [-0.15, -0.1) is 0 Å². The maximum atomic E-state index is 13.8. The highest BCUT2D eigenvalue weighted by atomic mass is 19.1. The van der Waals surface area contributed by atoms with E-state index in [1.807, 2.05) is 6.92 Å². The number of imidazole rings is 1. The number of rotatable bonds is 5. The largest absolute Gasteiger partial charge is 0.370 e. The average molecular weight is 282 g/mol. The number of hydrogen-bond donors (Lipinski definition) is 2. The van der Waals surface area contributed by atoms with Crippen molar-refractivity contribution in [3.63, 3.8) is 0 Å². The second kappa shape index (κ2) is 5.64. The molecular weight excluding hydrogens is 270 g/mol. The van der Waals surface area contributed by atoms with E-state index in [0.29, 0.717) is 24.4 Å². The van der Waals surface area contributed by atoms with E-state index in [0.717, 1.165) is 0 Å². The normalized spacial score (nSPS) is 12.2. The highest BCUT2D eigenvalue weighted by molar-refractivity contribution is 5.52. The minimum Gasteiger partial charge on any atom is -0.370 e. The molecule has 2 N–H and O–H groups in total. The molecule has 0 aliphatic heterocycles. The van der Waals surface area contributed by atoms with Crippen LogP contribution in [0.3, 0.4) is 0 Å². The summed E-state index contributed by atoms with van der Waals surface area (Å²) in [6, 6.07) is 0.941. The molecule has 0 aliphatic rings. The van der Waals surface area contributed by atoms with Crippen LogP contribution in [0, 0.1) is 21.7 Å². The lowest BCUT2D eigenvalue weighted by Gasteiger charge is -2.17. The lowest BCUT2D eigenvalue weighted by atomic mass is 10.2. The number of anilines is 1. The predicted octanol–water partition coefficient (Wildman–Crippen LogP) is 3.16. The Morgan fingerprint density at radius 1 is 1.45 bits per heavy atom. The van der Waals surface area contributed by atoms with Crippen LogP contribution < -0.4 is 5.32 Å². The molecule has 1 heterocycles. The molecule has 6 nitrogen and oxygen atoms in total. The maximum Gasteiger partial charge on any atom is 0.275 e. The number of nitro groups is 1. The van der Waals surface area contributed by atoms with Crippen LogP contribution in [0.1, 0.15) is 25.2 Å². The Morgan fingerprint density at radius 3 is 2.55 bits per heavy atom. The number of benzene rings is 1. The lowest BCUT2D eigenvalue weighted by molar-refractivity contribution is -0.385. The summed E-state index contributed by atoms with van der Waals surface area (Å²) in [7, 11) is 0. The lowest BCUT2D eigenvalue weighted by Crippen LogP contribution is -2.14. The summed E-state index contributed by atoms with van der Waals surface area (Å²) < 4.78 is 27.5. The van der Waals surface area contributed by atoms with Gasteiger partial charge in [0.1, 0.15) is 11.5 Å². The average Bonchev–Trinajstić information content (AvgIpc) is 2.91. The fraction of sp³-hybridized carbons (Fsp3) is 0.250. The highest BCUT2D eigenvalue weighted by Crippen LogP contribution is 2.28. The van der Waals surface area contributed by atoms with Gasteiger partial charge in [-0.05, 0) is 6.42 Å². The maximum absolute atomic E-state index is 13.8. The van der Waals surface area contributed by atoms with Gasteiger partial charge in [-0.25, -0.2) is 13.8 Å². The standard InChI is InChI=1S/C12H12F2N4O2/c1-2-10(12-15-3-4-16-12)17-11-8(13)5-7(18(19)20)6-9(11)14/h3-6,10,17H,2H2,1H3,(H,15,16). The number of non-ortho nitro benzene ring substituents is 1. The fourth-order valence-corrected chi connectivity index (χ4v) is 1.81. The third-order valence-electron chi connectivity index (χ3n) is 2.81. The molecule has 8 heteroatoms. The highest BCUT2D eigenvalue weighted by Gasteiger charge is 2.20. The summed E-state index contributed by atoms with van der Waals surface area (Å²) in [6.45, 7) is 1.82. The molecule has 1 aromatic carbocycles. The molecule has 2 rings (SSSR count). The van der Waals surface area contributed by atoms with Crippen molar-refractivity contribution in [2.24, 2.45) is 0 Å². The van der Waals surface area contributed by atoms with Crippen molar-refractivity contribution in [1.29, 1.82) is 0 Å². The third kappa shape index (κ3) is 2.73. The molecular formula is C12H12F2N4O2. The van der Waals surface area contributed by atoms with Gasteiger partial charge in [0, 0.05) is 12.4 Å². The first-order valence-corrected chi connectivity index (χ1v) is 5.92. The summed E-state index contributed by atoms with van der Waals surface area (Å²) in [5.41, 5.74) is -1.03. The molecule has 1 unspecified atom stereocenters. The minimum atomic E-state index is -1.01. The summed E-state index contributed by atoms with van der Waals surface area (Å²) in [6.07, 6.45) is 3.66. The summed E-state index contributed by atoms with van der Waals surface area (Å²) in [5, 5.41) is 13.2. The number of halogens is 2. The van der Waals surface area contributed by atoms with Gasteiger partial charge in [0.05, 0.1) is 23.1 Å². The molecule has 0 radical (unpaired) electrons. The van der Waals surface area contributed by atoms with Gasteiger partial charge in [0.2, 0.25) is 0 Å². The molecule has 0 saturated heterocycles. The summed E-state index contributed by atoms with van der Waals surface area (Å²) >= 11 is 0. The zero-order chi connectivity index (χ0) is 14.7. The molecule has 2 aromatic rings. The van der Waals surface area contributed by atoms with Crippen LogP contribution in [-0.2, 0) is 0 Å². The Balaban J connectivity index is 2.31. The molecule has 0 fully saturated rings. The van der Waals surface area contributed by atoms with Gasteiger partial charge in [-0.1, -0.05) is 6.92 Å². The molecule has 0 spiro atoms. The Bertz CT molecular complexity index is 593.